The molecule has 0 fully saturated rings. The molecule has 4 rings (SSSR count). The molecule has 0 saturated heterocycles. The van der Waals surface area contributed by atoms with E-state index in [2.05, 4.69) is 4.74 Å². The molecular formula is C22H19F3N2O4. The Hall–Kier alpha value is -3.36. The summed E-state index contributed by atoms with van der Waals surface area (Å²) in [7, 11) is 0. The number of rotatable bonds is 5. The summed E-state index contributed by atoms with van der Waals surface area (Å²) in [5.41, 5.74) is 1.90. The number of carbonyl (C=O) groups excluding carboxylic acids is 3. The van der Waals surface area contributed by atoms with E-state index in [9.17, 15) is 27.6 Å². The summed E-state index contributed by atoms with van der Waals surface area (Å²) in [5.74, 6) is -1.25. The van der Waals surface area contributed by atoms with E-state index in [1.807, 2.05) is 0 Å². The van der Waals surface area contributed by atoms with Crippen LogP contribution in [0.3, 0.4) is 0 Å². The number of hydrogen-bond acceptors (Lipinski definition) is 4. The van der Waals surface area contributed by atoms with E-state index in [0.717, 1.165) is 4.90 Å². The zero-order valence-electron chi connectivity index (χ0n) is 16.4. The number of ether oxygens (including phenoxy) is 1. The van der Waals surface area contributed by atoms with Gasteiger partial charge in [-0.3, -0.25) is 19.3 Å². The van der Waals surface area contributed by atoms with Gasteiger partial charge < -0.3 is 9.64 Å². The third kappa shape index (κ3) is 4.26. The number of benzene rings is 2. The third-order valence-corrected chi connectivity index (χ3v) is 5.35. The topological polar surface area (TPSA) is 66.9 Å². The van der Waals surface area contributed by atoms with Crippen LogP contribution in [0.5, 0.6) is 5.75 Å². The number of anilines is 1. The average Bonchev–Trinajstić information content (AvgIpc) is 2.97. The molecule has 0 aliphatic carbocycles. The molecule has 0 spiro atoms. The second kappa shape index (κ2) is 8.05. The summed E-state index contributed by atoms with van der Waals surface area (Å²) in [5, 5.41) is 0. The van der Waals surface area contributed by atoms with Crippen molar-refractivity contribution in [2.45, 2.75) is 32.0 Å². The average molecular weight is 432 g/mol. The van der Waals surface area contributed by atoms with Gasteiger partial charge in [0.1, 0.15) is 5.75 Å². The minimum Gasteiger partial charge on any atom is -0.406 e. The van der Waals surface area contributed by atoms with Crippen LogP contribution in [0, 0.1) is 0 Å². The molecule has 9 heteroatoms. The largest absolute Gasteiger partial charge is 0.573 e. The van der Waals surface area contributed by atoms with Crippen molar-refractivity contribution in [1.29, 1.82) is 0 Å². The standard InChI is InChI=1S/C22H19F3N2O4/c23-22(24,25)31-15-9-10-18-14(13-15)5-3-11-26(18)19(28)8-4-12-27-20(29)16-6-1-2-7-17(16)21(27)30/h1-2,6-7,9-10,13H,3-5,8,11-12H2. The van der Waals surface area contributed by atoms with Crippen LogP contribution in [-0.2, 0) is 11.2 Å². The summed E-state index contributed by atoms with van der Waals surface area (Å²) in [6.45, 7) is 0.579. The molecule has 2 aliphatic rings. The zero-order chi connectivity index (χ0) is 22.2. The summed E-state index contributed by atoms with van der Waals surface area (Å²) < 4.78 is 41.3. The lowest BCUT2D eigenvalue weighted by atomic mass is 10.0. The van der Waals surface area contributed by atoms with Gasteiger partial charge >= 0.3 is 6.36 Å². The van der Waals surface area contributed by atoms with Gasteiger partial charge in [0.05, 0.1) is 11.1 Å². The predicted octanol–water partition coefficient (Wildman–Crippen LogP) is 3.94. The van der Waals surface area contributed by atoms with Crippen LogP contribution in [0.15, 0.2) is 42.5 Å². The third-order valence-electron chi connectivity index (χ3n) is 5.35. The highest BCUT2D eigenvalue weighted by molar-refractivity contribution is 6.21. The number of hydrogen-bond donors (Lipinski definition) is 0. The van der Waals surface area contributed by atoms with Crippen LogP contribution < -0.4 is 9.64 Å². The Morgan fingerprint density at radius 3 is 2.35 bits per heavy atom. The number of amides is 3. The van der Waals surface area contributed by atoms with Gasteiger partial charge in [0, 0.05) is 25.2 Å². The van der Waals surface area contributed by atoms with Crippen molar-refractivity contribution < 1.29 is 32.3 Å². The number of halogens is 3. The monoisotopic (exact) mass is 432 g/mol. The van der Waals surface area contributed by atoms with Crippen molar-refractivity contribution in [2.24, 2.45) is 0 Å². The van der Waals surface area contributed by atoms with Crippen LogP contribution in [0.1, 0.15) is 45.5 Å². The molecule has 0 radical (unpaired) electrons. The van der Waals surface area contributed by atoms with Gasteiger partial charge in [0.25, 0.3) is 11.8 Å². The highest BCUT2D eigenvalue weighted by atomic mass is 19.4. The van der Waals surface area contributed by atoms with E-state index in [4.69, 9.17) is 0 Å². The van der Waals surface area contributed by atoms with Crippen LogP contribution in [0.25, 0.3) is 0 Å². The van der Waals surface area contributed by atoms with Crippen LogP contribution in [0.4, 0.5) is 18.9 Å². The van der Waals surface area contributed by atoms with Crippen LogP contribution >= 0.6 is 0 Å². The summed E-state index contributed by atoms with van der Waals surface area (Å²) >= 11 is 0. The van der Waals surface area contributed by atoms with Crippen molar-refractivity contribution in [3.05, 3.63) is 59.2 Å². The Morgan fingerprint density at radius 2 is 1.71 bits per heavy atom. The number of aryl methyl sites for hydroxylation is 1. The van der Waals surface area contributed by atoms with Crippen molar-refractivity contribution in [1.82, 2.24) is 4.90 Å². The fourth-order valence-corrected chi connectivity index (χ4v) is 4.00. The molecule has 162 valence electrons. The maximum absolute atomic E-state index is 12.8. The van der Waals surface area contributed by atoms with Gasteiger partial charge in [-0.1, -0.05) is 12.1 Å². The molecule has 31 heavy (non-hydrogen) atoms. The first-order valence-corrected chi connectivity index (χ1v) is 9.89. The summed E-state index contributed by atoms with van der Waals surface area (Å²) in [6, 6.07) is 10.5. The normalized spacial score (nSPS) is 15.7. The summed E-state index contributed by atoms with van der Waals surface area (Å²) in [4.78, 5) is 40.2. The van der Waals surface area contributed by atoms with Gasteiger partial charge in [-0.25, -0.2) is 0 Å². The Balaban J connectivity index is 1.38. The first-order chi connectivity index (χ1) is 14.7. The van der Waals surface area contributed by atoms with E-state index < -0.39 is 6.36 Å². The van der Waals surface area contributed by atoms with E-state index >= 15 is 0 Å². The van der Waals surface area contributed by atoms with Crippen LogP contribution in [0.2, 0.25) is 0 Å². The van der Waals surface area contributed by atoms with E-state index in [0.29, 0.717) is 48.2 Å². The minimum absolute atomic E-state index is 0.105. The number of alkyl halides is 3. The van der Waals surface area contributed by atoms with Crippen molar-refractivity contribution >= 4 is 23.4 Å². The van der Waals surface area contributed by atoms with Gasteiger partial charge in [0.15, 0.2) is 0 Å². The molecule has 2 aromatic carbocycles. The molecule has 3 amide bonds. The molecule has 0 aromatic heterocycles. The summed E-state index contributed by atoms with van der Waals surface area (Å²) in [6.07, 6.45) is -3.21. The molecule has 0 bridgehead atoms. The van der Waals surface area contributed by atoms with Gasteiger partial charge in [-0.2, -0.15) is 0 Å². The van der Waals surface area contributed by atoms with Gasteiger partial charge in [0.2, 0.25) is 5.91 Å². The quantitative estimate of drug-likeness (QED) is 0.672. The number of imide groups is 1. The highest BCUT2D eigenvalue weighted by Crippen LogP contribution is 2.33. The molecule has 0 N–H and O–H groups in total. The molecule has 2 aromatic rings. The zero-order valence-corrected chi connectivity index (χ0v) is 16.4. The van der Waals surface area contributed by atoms with E-state index in [-0.39, 0.29) is 36.4 Å². The van der Waals surface area contributed by atoms with Gasteiger partial charge in [-0.15, -0.1) is 13.2 Å². The highest BCUT2D eigenvalue weighted by Gasteiger charge is 2.35. The minimum atomic E-state index is -4.78. The molecule has 0 atom stereocenters. The lowest BCUT2D eigenvalue weighted by molar-refractivity contribution is -0.274. The number of fused-ring (bicyclic) bond motifs is 2. The molecule has 2 heterocycles. The van der Waals surface area contributed by atoms with Gasteiger partial charge in [-0.05, 0) is 55.2 Å². The molecule has 0 saturated carbocycles. The second-order valence-corrected chi connectivity index (χ2v) is 7.40. The Morgan fingerprint density at radius 1 is 1.03 bits per heavy atom. The lowest BCUT2D eigenvalue weighted by Gasteiger charge is -2.30. The molecule has 0 unspecified atom stereocenters. The number of nitrogens with zero attached hydrogens (tertiary/aromatic N) is 2. The number of carbonyl (C=O) groups is 3. The van der Waals surface area contributed by atoms with Crippen molar-refractivity contribution in [2.75, 3.05) is 18.0 Å². The Kier molecular flexibility index (Phi) is 5.43. The fourth-order valence-electron chi connectivity index (χ4n) is 4.00. The molecular weight excluding hydrogens is 413 g/mol. The Bertz CT molecular complexity index is 1020. The lowest BCUT2D eigenvalue weighted by Crippen LogP contribution is -2.36. The van der Waals surface area contributed by atoms with E-state index in [1.165, 1.54) is 18.2 Å². The first-order valence-electron chi connectivity index (χ1n) is 9.89. The van der Waals surface area contributed by atoms with Crippen LogP contribution in [-0.4, -0.2) is 42.1 Å². The van der Waals surface area contributed by atoms with Crippen molar-refractivity contribution in [3.63, 3.8) is 0 Å². The molecule has 2 aliphatic heterocycles. The molecule has 6 nitrogen and oxygen atoms in total. The van der Waals surface area contributed by atoms with E-state index in [1.54, 1.807) is 29.2 Å². The second-order valence-electron chi connectivity index (χ2n) is 7.40. The first kappa shape index (κ1) is 20.9. The Labute approximate surface area is 176 Å². The van der Waals surface area contributed by atoms with Crippen molar-refractivity contribution in [3.8, 4) is 5.75 Å². The predicted molar refractivity (Wildman–Crippen MR) is 105 cm³/mol. The maximum atomic E-state index is 12.8. The smallest absolute Gasteiger partial charge is 0.406 e. The maximum Gasteiger partial charge on any atom is 0.573 e. The fraction of sp³-hybridized carbons (Fsp3) is 0.318. The SMILES string of the molecule is O=C1c2ccccc2C(=O)N1CCCC(=O)N1CCCc2cc(OC(F)(F)F)ccc21.